The lowest BCUT2D eigenvalue weighted by molar-refractivity contribution is 0.191. The van der Waals surface area contributed by atoms with Crippen molar-refractivity contribution in [2.75, 3.05) is 39.8 Å². The highest BCUT2D eigenvalue weighted by molar-refractivity contribution is 14.0. The molecule has 1 heterocycles. The summed E-state index contributed by atoms with van der Waals surface area (Å²) in [4.78, 5) is 7.10. The summed E-state index contributed by atoms with van der Waals surface area (Å²) >= 11 is 0. The van der Waals surface area contributed by atoms with Crippen molar-refractivity contribution in [3.8, 4) is 5.75 Å². The van der Waals surface area contributed by atoms with E-state index in [0.29, 0.717) is 6.54 Å². The molecule has 2 N–H and O–H groups in total. The monoisotopic (exact) mass is 492 g/mol. The van der Waals surface area contributed by atoms with Crippen molar-refractivity contribution in [2.24, 2.45) is 10.9 Å². The van der Waals surface area contributed by atoms with Crippen LogP contribution in [0.4, 0.5) is 4.39 Å². The summed E-state index contributed by atoms with van der Waals surface area (Å²) in [5.74, 6) is 1.56. The van der Waals surface area contributed by atoms with E-state index in [1.807, 2.05) is 13.0 Å². The van der Waals surface area contributed by atoms with Crippen LogP contribution in [0.3, 0.4) is 0 Å². The maximum Gasteiger partial charge on any atom is 0.191 e. The Balaban J connectivity index is 0.00000364. The number of hydrogen-bond acceptors (Lipinski definition) is 3. The minimum Gasteiger partial charge on any atom is -0.494 e. The lowest BCUT2D eigenvalue weighted by atomic mass is 9.99. The molecular formula is C20H34FIN4O. The molecule has 0 radical (unpaired) electrons. The number of likely N-dealkylation sites (tertiary alicyclic amines) is 1. The largest absolute Gasteiger partial charge is 0.494 e. The standard InChI is InChI=1S/C20H33FN4O.HI/c1-4-22-20(23-10-5-11-25-12-8-16(2)9-13-25)24-15-17-6-7-19(26-3)18(21)14-17;/h6-7,14,16H,4-5,8-13,15H2,1-3H3,(H2,22,23,24);1H. The van der Waals surface area contributed by atoms with Gasteiger partial charge in [-0.05, 0) is 69.4 Å². The minimum atomic E-state index is -0.353. The van der Waals surface area contributed by atoms with Crippen molar-refractivity contribution >= 4 is 29.9 Å². The third-order valence-corrected chi connectivity index (χ3v) is 4.80. The van der Waals surface area contributed by atoms with Gasteiger partial charge >= 0.3 is 0 Å². The van der Waals surface area contributed by atoms with Crippen molar-refractivity contribution in [1.29, 1.82) is 0 Å². The first-order valence-electron chi connectivity index (χ1n) is 9.69. The van der Waals surface area contributed by atoms with Gasteiger partial charge in [0.25, 0.3) is 0 Å². The molecular weight excluding hydrogens is 458 g/mol. The van der Waals surface area contributed by atoms with Gasteiger partial charge in [0.2, 0.25) is 0 Å². The zero-order valence-electron chi connectivity index (χ0n) is 16.8. The molecule has 1 aromatic carbocycles. The van der Waals surface area contributed by atoms with Crippen molar-refractivity contribution in [3.05, 3.63) is 29.6 Å². The first-order chi connectivity index (χ1) is 12.6. The summed E-state index contributed by atoms with van der Waals surface area (Å²) in [5.41, 5.74) is 0.822. The molecule has 1 aliphatic rings. The maximum absolute atomic E-state index is 13.8. The van der Waals surface area contributed by atoms with E-state index in [-0.39, 0.29) is 35.5 Å². The lowest BCUT2D eigenvalue weighted by Crippen LogP contribution is -2.39. The van der Waals surface area contributed by atoms with Crippen LogP contribution in [0.2, 0.25) is 0 Å². The van der Waals surface area contributed by atoms with E-state index in [4.69, 9.17) is 4.74 Å². The average molecular weight is 492 g/mol. The number of piperidine rings is 1. The summed E-state index contributed by atoms with van der Waals surface area (Å²) in [5, 5.41) is 6.61. The van der Waals surface area contributed by atoms with Crippen LogP contribution in [-0.4, -0.2) is 50.7 Å². The quantitative estimate of drug-likeness (QED) is 0.252. The smallest absolute Gasteiger partial charge is 0.191 e. The van der Waals surface area contributed by atoms with Crippen molar-refractivity contribution in [1.82, 2.24) is 15.5 Å². The van der Waals surface area contributed by atoms with E-state index in [0.717, 1.165) is 43.5 Å². The predicted octanol–water partition coefficient (Wildman–Crippen LogP) is 3.63. The van der Waals surface area contributed by atoms with Crippen LogP contribution in [0, 0.1) is 11.7 Å². The Labute approximate surface area is 180 Å². The van der Waals surface area contributed by atoms with Crippen molar-refractivity contribution in [3.63, 3.8) is 0 Å². The van der Waals surface area contributed by atoms with Crippen molar-refractivity contribution in [2.45, 2.75) is 39.7 Å². The number of guanidine groups is 1. The van der Waals surface area contributed by atoms with Gasteiger partial charge in [-0.1, -0.05) is 13.0 Å². The second-order valence-corrected chi connectivity index (χ2v) is 6.97. The second kappa shape index (κ2) is 13.1. The number of ether oxygens (including phenoxy) is 1. The Bertz CT molecular complexity index is 577. The van der Waals surface area contributed by atoms with E-state index in [1.165, 1.54) is 39.1 Å². The molecule has 1 fully saturated rings. The van der Waals surface area contributed by atoms with E-state index >= 15 is 0 Å². The van der Waals surface area contributed by atoms with Gasteiger partial charge in [-0.25, -0.2) is 9.38 Å². The van der Waals surface area contributed by atoms with Gasteiger partial charge in [-0.2, -0.15) is 0 Å². The lowest BCUT2D eigenvalue weighted by Gasteiger charge is -2.30. The van der Waals surface area contributed by atoms with Crippen LogP contribution in [0.1, 0.15) is 38.7 Å². The summed E-state index contributed by atoms with van der Waals surface area (Å²) in [7, 11) is 1.47. The molecule has 1 saturated heterocycles. The van der Waals surface area contributed by atoms with Crippen LogP contribution in [-0.2, 0) is 6.54 Å². The topological polar surface area (TPSA) is 48.9 Å². The van der Waals surface area contributed by atoms with Crippen LogP contribution in [0.25, 0.3) is 0 Å². The number of rotatable bonds is 8. The van der Waals surface area contributed by atoms with Gasteiger partial charge in [0.05, 0.1) is 13.7 Å². The Morgan fingerprint density at radius 1 is 1.30 bits per heavy atom. The molecule has 0 aliphatic carbocycles. The maximum atomic E-state index is 13.8. The molecule has 1 aromatic rings. The molecule has 0 unspecified atom stereocenters. The van der Waals surface area contributed by atoms with Gasteiger partial charge < -0.3 is 20.3 Å². The first-order valence-corrected chi connectivity index (χ1v) is 9.69. The van der Waals surface area contributed by atoms with Crippen molar-refractivity contribution < 1.29 is 9.13 Å². The van der Waals surface area contributed by atoms with Gasteiger partial charge in [0, 0.05) is 13.1 Å². The molecule has 0 saturated carbocycles. The van der Waals surface area contributed by atoms with E-state index < -0.39 is 0 Å². The number of nitrogens with one attached hydrogen (secondary N) is 2. The van der Waals surface area contributed by atoms with Gasteiger partial charge in [-0.3, -0.25) is 0 Å². The number of nitrogens with zero attached hydrogens (tertiary/aromatic N) is 2. The third kappa shape index (κ3) is 8.64. The third-order valence-electron chi connectivity index (χ3n) is 4.80. The normalized spacial score (nSPS) is 15.9. The molecule has 154 valence electrons. The predicted molar refractivity (Wildman–Crippen MR) is 121 cm³/mol. The molecule has 1 aliphatic heterocycles. The number of hydrogen-bond donors (Lipinski definition) is 2. The van der Waals surface area contributed by atoms with Crippen LogP contribution < -0.4 is 15.4 Å². The highest BCUT2D eigenvalue weighted by atomic mass is 127. The number of halogens is 2. The summed E-state index contributed by atoms with van der Waals surface area (Å²) in [6.45, 7) is 10.1. The number of benzene rings is 1. The van der Waals surface area contributed by atoms with E-state index in [9.17, 15) is 4.39 Å². The Kier molecular flexibility index (Phi) is 11.7. The molecule has 0 spiro atoms. The number of methoxy groups -OCH3 is 1. The van der Waals surface area contributed by atoms with Gasteiger partial charge in [0.15, 0.2) is 17.5 Å². The molecule has 27 heavy (non-hydrogen) atoms. The Morgan fingerprint density at radius 2 is 2.04 bits per heavy atom. The molecule has 0 amide bonds. The fourth-order valence-electron chi connectivity index (χ4n) is 3.12. The van der Waals surface area contributed by atoms with Crippen LogP contribution in [0.5, 0.6) is 5.75 Å². The Hall–Kier alpha value is -1.09. The number of aliphatic imine (C=N–C) groups is 1. The van der Waals surface area contributed by atoms with Gasteiger partial charge in [-0.15, -0.1) is 24.0 Å². The molecule has 7 heteroatoms. The molecule has 0 aromatic heterocycles. The second-order valence-electron chi connectivity index (χ2n) is 6.97. The zero-order valence-corrected chi connectivity index (χ0v) is 19.1. The van der Waals surface area contributed by atoms with Crippen LogP contribution in [0.15, 0.2) is 23.2 Å². The highest BCUT2D eigenvalue weighted by Crippen LogP contribution is 2.18. The fourth-order valence-corrected chi connectivity index (χ4v) is 3.12. The first kappa shape index (κ1) is 23.9. The SMILES string of the molecule is CCNC(=NCc1ccc(OC)c(F)c1)NCCCN1CCC(C)CC1.I. The highest BCUT2D eigenvalue weighted by Gasteiger charge is 2.14. The van der Waals surface area contributed by atoms with E-state index in [2.05, 4.69) is 27.4 Å². The molecule has 0 atom stereocenters. The summed E-state index contributed by atoms with van der Waals surface area (Å²) < 4.78 is 18.7. The summed E-state index contributed by atoms with van der Waals surface area (Å²) in [6, 6.07) is 4.95. The molecule has 2 rings (SSSR count). The van der Waals surface area contributed by atoms with Crippen LogP contribution >= 0.6 is 24.0 Å². The average Bonchev–Trinajstić information content (AvgIpc) is 2.64. The molecule has 0 bridgehead atoms. The minimum absolute atomic E-state index is 0. The molecule has 5 nitrogen and oxygen atoms in total. The van der Waals surface area contributed by atoms with E-state index in [1.54, 1.807) is 6.07 Å². The zero-order chi connectivity index (χ0) is 18.8. The summed E-state index contributed by atoms with van der Waals surface area (Å²) in [6.07, 6.45) is 3.72. The van der Waals surface area contributed by atoms with Gasteiger partial charge in [0.1, 0.15) is 0 Å². The fraction of sp³-hybridized carbons (Fsp3) is 0.650. The Morgan fingerprint density at radius 3 is 2.67 bits per heavy atom.